The molecule has 1 aliphatic heterocycles. The van der Waals surface area contributed by atoms with Crippen LogP contribution in [0.1, 0.15) is 12.8 Å². The number of nitrogens with two attached hydrogens (primary N) is 1. The van der Waals surface area contributed by atoms with Crippen LogP contribution in [0.15, 0.2) is 23.1 Å². The van der Waals surface area contributed by atoms with E-state index in [1.807, 2.05) is 0 Å². The summed E-state index contributed by atoms with van der Waals surface area (Å²) in [5, 5.41) is 0.299. The van der Waals surface area contributed by atoms with E-state index in [4.69, 9.17) is 22.2 Å². The molecule has 0 radical (unpaired) electrons. The Balaban J connectivity index is 2.34. The molecule has 1 aromatic rings. The average Bonchev–Trinajstić information content (AvgIpc) is 2.54. The fraction of sp³-hybridized carbons (Fsp3) is 0.462. The van der Waals surface area contributed by atoms with Crippen LogP contribution in [0.4, 0.5) is 0 Å². The highest BCUT2D eigenvalue weighted by Gasteiger charge is 2.34. The number of halogens is 1. The van der Waals surface area contributed by atoms with Crippen molar-refractivity contribution in [3.8, 4) is 5.75 Å². The molecule has 0 saturated carbocycles. The van der Waals surface area contributed by atoms with Gasteiger partial charge in [0.05, 0.1) is 13.0 Å². The maximum absolute atomic E-state index is 12.8. The van der Waals surface area contributed by atoms with E-state index in [9.17, 15) is 13.2 Å². The van der Waals surface area contributed by atoms with Gasteiger partial charge >= 0.3 is 0 Å². The van der Waals surface area contributed by atoms with Gasteiger partial charge in [-0.1, -0.05) is 11.6 Å². The molecule has 1 heterocycles. The Hall–Kier alpha value is -1.35. The number of rotatable bonds is 4. The second-order valence-corrected chi connectivity index (χ2v) is 7.35. The van der Waals surface area contributed by atoms with Crippen LogP contribution in [0, 0.1) is 5.92 Å². The van der Waals surface area contributed by atoms with Crippen LogP contribution in [-0.2, 0) is 14.8 Å². The first-order valence-electron chi connectivity index (χ1n) is 6.74. The summed E-state index contributed by atoms with van der Waals surface area (Å²) in [6, 6.07) is 4.41. The number of ether oxygens (including phenoxy) is 1. The number of carbonyl (C=O) groups excluding carboxylic acids is 1. The van der Waals surface area contributed by atoms with Crippen molar-refractivity contribution in [1.82, 2.24) is 9.73 Å². The van der Waals surface area contributed by atoms with Gasteiger partial charge in [0.2, 0.25) is 15.9 Å². The van der Waals surface area contributed by atoms with E-state index >= 15 is 0 Å². The Bertz CT molecular complexity index is 665. The van der Waals surface area contributed by atoms with E-state index in [0.29, 0.717) is 24.4 Å². The third-order valence-corrected chi connectivity index (χ3v) is 5.76. The van der Waals surface area contributed by atoms with E-state index < -0.39 is 15.9 Å². The Morgan fingerprint density at radius 3 is 2.86 bits per heavy atom. The predicted octanol–water partition coefficient (Wildman–Crippen LogP) is 0.739. The molecule has 0 aromatic heterocycles. The van der Waals surface area contributed by atoms with Gasteiger partial charge in [-0.15, -0.1) is 0 Å². The molecule has 22 heavy (non-hydrogen) atoms. The summed E-state index contributed by atoms with van der Waals surface area (Å²) in [6.07, 6.45) is 1.18. The molecule has 1 atom stereocenters. The Kier molecular flexibility index (Phi) is 5.28. The zero-order valence-electron chi connectivity index (χ0n) is 12.1. The number of hydrazine groups is 1. The Morgan fingerprint density at radius 2 is 2.23 bits per heavy atom. The second-order valence-electron chi connectivity index (χ2n) is 5.01. The lowest BCUT2D eigenvalue weighted by Gasteiger charge is -2.31. The van der Waals surface area contributed by atoms with Crippen molar-refractivity contribution in [2.24, 2.45) is 11.8 Å². The summed E-state index contributed by atoms with van der Waals surface area (Å²) < 4.78 is 32.0. The normalized spacial score (nSPS) is 19.7. The molecule has 1 aromatic carbocycles. The van der Waals surface area contributed by atoms with E-state index in [1.165, 1.54) is 23.5 Å². The maximum atomic E-state index is 12.8. The molecule has 1 amide bonds. The molecule has 1 aliphatic rings. The molecule has 0 spiro atoms. The van der Waals surface area contributed by atoms with Gasteiger partial charge in [-0.2, -0.15) is 4.31 Å². The summed E-state index contributed by atoms with van der Waals surface area (Å²) in [4.78, 5) is 11.6. The number of hydrogen-bond acceptors (Lipinski definition) is 5. The first kappa shape index (κ1) is 17.0. The van der Waals surface area contributed by atoms with Gasteiger partial charge in [0, 0.05) is 18.1 Å². The number of sulfonamides is 1. The van der Waals surface area contributed by atoms with Crippen molar-refractivity contribution in [2.45, 2.75) is 17.7 Å². The van der Waals surface area contributed by atoms with Gasteiger partial charge in [-0.05, 0) is 31.0 Å². The van der Waals surface area contributed by atoms with Crippen molar-refractivity contribution in [3.05, 3.63) is 23.2 Å². The van der Waals surface area contributed by atoms with Crippen molar-refractivity contribution < 1.29 is 17.9 Å². The summed E-state index contributed by atoms with van der Waals surface area (Å²) in [6.45, 7) is 0.424. The van der Waals surface area contributed by atoms with Gasteiger partial charge in [-0.3, -0.25) is 10.2 Å². The fourth-order valence-electron chi connectivity index (χ4n) is 2.48. The lowest BCUT2D eigenvalue weighted by molar-refractivity contribution is -0.126. The summed E-state index contributed by atoms with van der Waals surface area (Å²) in [5.41, 5.74) is 2.07. The standard InChI is InChI=1S/C13H18ClN3O4S/c1-21-11-5-4-10(14)7-12(11)22(19,20)17-6-2-3-9(8-17)13(18)16-15/h4-5,7,9H,2-3,6,8,15H2,1H3,(H,16,18). The molecule has 3 N–H and O–H groups in total. The summed E-state index contributed by atoms with van der Waals surface area (Å²) >= 11 is 5.90. The zero-order chi connectivity index (χ0) is 16.3. The number of nitrogens with zero attached hydrogens (tertiary/aromatic N) is 1. The first-order valence-corrected chi connectivity index (χ1v) is 8.56. The molecule has 1 fully saturated rings. The lowest BCUT2D eigenvalue weighted by atomic mass is 9.99. The second kappa shape index (κ2) is 6.82. The first-order chi connectivity index (χ1) is 10.4. The molecular weight excluding hydrogens is 330 g/mol. The van der Waals surface area contributed by atoms with Crippen molar-refractivity contribution in [2.75, 3.05) is 20.2 Å². The third-order valence-electron chi connectivity index (χ3n) is 3.64. The number of hydrogen-bond donors (Lipinski definition) is 2. The van der Waals surface area contributed by atoms with E-state index in [-0.39, 0.29) is 23.1 Å². The molecule has 1 saturated heterocycles. The largest absolute Gasteiger partial charge is 0.495 e. The minimum atomic E-state index is -3.80. The van der Waals surface area contributed by atoms with Crippen LogP contribution < -0.4 is 16.0 Å². The van der Waals surface area contributed by atoms with Crippen molar-refractivity contribution in [1.29, 1.82) is 0 Å². The predicted molar refractivity (Wildman–Crippen MR) is 81.8 cm³/mol. The highest BCUT2D eigenvalue weighted by molar-refractivity contribution is 7.89. The third kappa shape index (κ3) is 3.35. The zero-order valence-corrected chi connectivity index (χ0v) is 13.7. The van der Waals surface area contributed by atoms with Crippen LogP contribution >= 0.6 is 11.6 Å². The quantitative estimate of drug-likeness (QED) is 0.475. The molecule has 1 unspecified atom stereocenters. The summed E-state index contributed by atoms with van der Waals surface area (Å²) in [5.74, 6) is 4.52. The SMILES string of the molecule is COc1ccc(Cl)cc1S(=O)(=O)N1CCCC(C(=O)NN)C1. The number of methoxy groups -OCH3 is 1. The number of nitrogens with one attached hydrogen (secondary N) is 1. The Labute approximate surface area is 134 Å². The minimum absolute atomic E-state index is 0.00342. The fourth-order valence-corrected chi connectivity index (χ4v) is 4.43. The van der Waals surface area contributed by atoms with Crippen LogP contribution in [0.2, 0.25) is 5.02 Å². The highest BCUT2D eigenvalue weighted by atomic mass is 35.5. The van der Waals surface area contributed by atoms with E-state index in [2.05, 4.69) is 5.43 Å². The van der Waals surface area contributed by atoms with Gasteiger partial charge in [0.15, 0.2) is 0 Å². The van der Waals surface area contributed by atoms with Crippen molar-refractivity contribution >= 4 is 27.5 Å². The molecule has 0 aliphatic carbocycles. The maximum Gasteiger partial charge on any atom is 0.246 e. The van der Waals surface area contributed by atoms with Crippen LogP contribution in [0.5, 0.6) is 5.75 Å². The van der Waals surface area contributed by atoms with Gasteiger partial charge in [0.25, 0.3) is 0 Å². The smallest absolute Gasteiger partial charge is 0.246 e. The molecule has 7 nitrogen and oxygen atoms in total. The molecule has 2 rings (SSSR count). The van der Waals surface area contributed by atoms with Crippen LogP contribution in [0.3, 0.4) is 0 Å². The molecule has 0 bridgehead atoms. The Morgan fingerprint density at radius 1 is 1.50 bits per heavy atom. The van der Waals surface area contributed by atoms with Gasteiger partial charge in [0.1, 0.15) is 10.6 Å². The van der Waals surface area contributed by atoms with Gasteiger partial charge < -0.3 is 4.74 Å². The topological polar surface area (TPSA) is 102 Å². The minimum Gasteiger partial charge on any atom is -0.495 e. The molecule has 9 heteroatoms. The highest BCUT2D eigenvalue weighted by Crippen LogP contribution is 2.31. The average molecular weight is 348 g/mol. The lowest BCUT2D eigenvalue weighted by Crippen LogP contribution is -2.46. The number of benzene rings is 1. The number of amides is 1. The van der Waals surface area contributed by atoms with E-state index in [1.54, 1.807) is 6.07 Å². The number of piperidine rings is 1. The van der Waals surface area contributed by atoms with Gasteiger partial charge in [-0.25, -0.2) is 14.3 Å². The monoisotopic (exact) mass is 347 g/mol. The van der Waals surface area contributed by atoms with E-state index in [0.717, 1.165) is 0 Å². The summed E-state index contributed by atoms with van der Waals surface area (Å²) in [7, 11) is -2.41. The van der Waals surface area contributed by atoms with Crippen LogP contribution in [0.25, 0.3) is 0 Å². The number of carbonyl (C=O) groups is 1. The molecule has 122 valence electrons. The van der Waals surface area contributed by atoms with Crippen LogP contribution in [-0.4, -0.2) is 38.8 Å². The molecular formula is C13H18ClN3O4S. The van der Waals surface area contributed by atoms with Crippen molar-refractivity contribution in [3.63, 3.8) is 0 Å².